The number of rotatable bonds is 7. The molecule has 1 aliphatic carbocycles. The Labute approximate surface area is 147 Å². The van der Waals surface area contributed by atoms with Gasteiger partial charge in [-0.25, -0.2) is 0 Å². The van der Waals surface area contributed by atoms with Crippen LogP contribution in [-0.2, 0) is 16.2 Å². The number of piperidine rings is 1. The van der Waals surface area contributed by atoms with Crippen LogP contribution in [0.2, 0.25) is 0 Å². The van der Waals surface area contributed by atoms with E-state index in [-0.39, 0.29) is 24.5 Å². The van der Waals surface area contributed by atoms with Crippen LogP contribution in [0.3, 0.4) is 0 Å². The Morgan fingerprint density at radius 2 is 2.00 bits per heavy atom. The van der Waals surface area contributed by atoms with Gasteiger partial charge in [-0.05, 0) is 31.2 Å². The molecule has 25 heavy (non-hydrogen) atoms. The number of benzene rings is 1. The second kappa shape index (κ2) is 8.31. The zero-order chi connectivity index (χ0) is 17.6. The molecule has 0 atom stereocenters. The number of hydrogen-bond acceptors (Lipinski definition) is 5. The Bertz CT molecular complexity index is 623. The number of aliphatic hydroxyl groups is 1. The number of carbonyl (C=O) groups excluding carboxylic acids is 1. The smallest absolute Gasteiger partial charge is 0.260 e. The summed E-state index contributed by atoms with van der Waals surface area (Å²) in [6.45, 7) is 2.36. The number of amidine groups is 1. The van der Waals surface area contributed by atoms with Crippen molar-refractivity contribution in [3.05, 3.63) is 35.4 Å². The second-order valence-corrected chi connectivity index (χ2v) is 6.76. The summed E-state index contributed by atoms with van der Waals surface area (Å²) in [5.74, 6) is 0.103. The molecule has 1 aromatic rings. The van der Waals surface area contributed by atoms with Crippen LogP contribution in [0.15, 0.2) is 29.4 Å². The zero-order valence-electron chi connectivity index (χ0n) is 14.4. The number of likely N-dealkylation sites (tertiary alicyclic amines) is 1. The van der Waals surface area contributed by atoms with Crippen molar-refractivity contribution in [1.82, 2.24) is 10.2 Å². The van der Waals surface area contributed by atoms with Gasteiger partial charge in [-0.15, -0.1) is 0 Å². The highest BCUT2D eigenvalue weighted by atomic mass is 16.6. The Morgan fingerprint density at radius 3 is 2.72 bits per heavy atom. The predicted molar refractivity (Wildman–Crippen MR) is 94.8 cm³/mol. The lowest BCUT2D eigenvalue weighted by atomic mass is 10.0. The summed E-state index contributed by atoms with van der Waals surface area (Å²) in [6.07, 6.45) is 3.49. The zero-order valence-corrected chi connectivity index (χ0v) is 14.4. The average Bonchev–Trinajstić information content (AvgIpc) is 3.41. The van der Waals surface area contributed by atoms with Crippen molar-refractivity contribution in [3.63, 3.8) is 0 Å². The molecule has 0 spiro atoms. The number of nitrogens with two attached hydrogens (primary N) is 1. The van der Waals surface area contributed by atoms with Crippen molar-refractivity contribution in [2.24, 2.45) is 10.9 Å². The van der Waals surface area contributed by atoms with Crippen LogP contribution in [0.25, 0.3) is 0 Å². The first-order chi connectivity index (χ1) is 12.1. The minimum atomic E-state index is -0.187. The maximum absolute atomic E-state index is 11.6. The second-order valence-electron chi connectivity index (χ2n) is 6.76. The molecule has 0 unspecified atom stereocenters. The van der Waals surface area contributed by atoms with Gasteiger partial charge in [0, 0.05) is 31.2 Å². The fraction of sp³-hybridized carbons (Fsp3) is 0.556. The van der Waals surface area contributed by atoms with E-state index in [0.717, 1.165) is 56.4 Å². The monoisotopic (exact) mass is 346 g/mol. The van der Waals surface area contributed by atoms with Gasteiger partial charge in [0.1, 0.15) is 0 Å². The average molecular weight is 346 g/mol. The Morgan fingerprint density at radius 1 is 1.28 bits per heavy atom. The molecule has 7 nitrogen and oxygen atoms in total. The van der Waals surface area contributed by atoms with Crippen molar-refractivity contribution in [3.8, 4) is 0 Å². The van der Waals surface area contributed by atoms with Crippen molar-refractivity contribution in [1.29, 1.82) is 0 Å². The van der Waals surface area contributed by atoms with E-state index >= 15 is 0 Å². The van der Waals surface area contributed by atoms with Crippen molar-refractivity contribution in [2.45, 2.75) is 44.4 Å². The summed E-state index contributed by atoms with van der Waals surface area (Å²) >= 11 is 0. The highest BCUT2D eigenvalue weighted by Gasteiger charge is 2.23. The molecule has 1 saturated carbocycles. The molecular weight excluding hydrogens is 320 g/mol. The van der Waals surface area contributed by atoms with E-state index in [1.165, 1.54) is 0 Å². The fourth-order valence-corrected chi connectivity index (χ4v) is 2.93. The molecule has 1 aromatic carbocycles. The predicted octanol–water partition coefficient (Wildman–Crippen LogP) is 0.559. The topological polar surface area (TPSA) is 100 Å². The van der Waals surface area contributed by atoms with Gasteiger partial charge in [-0.2, -0.15) is 0 Å². The van der Waals surface area contributed by atoms with Gasteiger partial charge in [-0.3, -0.25) is 9.69 Å². The van der Waals surface area contributed by atoms with Crippen molar-refractivity contribution < 1.29 is 14.7 Å². The molecule has 4 N–H and O–H groups in total. The first-order valence-electron chi connectivity index (χ1n) is 8.85. The van der Waals surface area contributed by atoms with Gasteiger partial charge < -0.3 is 21.0 Å². The van der Waals surface area contributed by atoms with E-state index in [9.17, 15) is 9.90 Å². The summed E-state index contributed by atoms with van der Waals surface area (Å²) < 4.78 is 0. The lowest BCUT2D eigenvalue weighted by Crippen LogP contribution is -2.35. The van der Waals surface area contributed by atoms with Gasteiger partial charge >= 0.3 is 0 Å². The van der Waals surface area contributed by atoms with E-state index in [0.29, 0.717) is 6.04 Å². The molecule has 1 amide bonds. The van der Waals surface area contributed by atoms with Gasteiger partial charge in [-0.1, -0.05) is 29.4 Å². The third kappa shape index (κ3) is 5.44. The van der Waals surface area contributed by atoms with Crippen LogP contribution in [0.4, 0.5) is 0 Å². The van der Waals surface area contributed by atoms with Gasteiger partial charge in [0.05, 0.1) is 6.10 Å². The molecule has 0 bridgehead atoms. The number of amides is 1. The Kier molecular flexibility index (Phi) is 5.88. The van der Waals surface area contributed by atoms with Crippen LogP contribution < -0.4 is 11.1 Å². The van der Waals surface area contributed by atoms with E-state index in [4.69, 9.17) is 10.6 Å². The first-order valence-corrected chi connectivity index (χ1v) is 8.85. The minimum absolute atomic E-state index is 0.122. The molecule has 2 aliphatic rings. The van der Waals surface area contributed by atoms with E-state index in [1.54, 1.807) is 0 Å². The molecular formula is C18H26N4O3. The molecule has 0 aromatic heterocycles. The summed E-state index contributed by atoms with van der Waals surface area (Å²) in [5, 5.41) is 16.4. The SMILES string of the molecule is N/C(=N\OCC(=O)NC1CC1)c1ccccc1CN1CCC(O)CC1. The highest BCUT2D eigenvalue weighted by molar-refractivity contribution is 5.98. The van der Waals surface area contributed by atoms with Crippen LogP contribution in [0.1, 0.15) is 36.8 Å². The largest absolute Gasteiger partial charge is 0.393 e. The molecule has 1 heterocycles. The summed E-state index contributed by atoms with van der Waals surface area (Å²) in [4.78, 5) is 19.0. The summed E-state index contributed by atoms with van der Waals surface area (Å²) in [5.41, 5.74) is 7.93. The lowest BCUT2D eigenvalue weighted by Gasteiger charge is -2.30. The number of hydrogen-bond donors (Lipinski definition) is 3. The number of oxime groups is 1. The maximum atomic E-state index is 11.6. The van der Waals surface area contributed by atoms with E-state index in [2.05, 4.69) is 15.4 Å². The lowest BCUT2D eigenvalue weighted by molar-refractivity contribution is -0.125. The molecule has 1 aliphatic heterocycles. The van der Waals surface area contributed by atoms with Crippen LogP contribution >= 0.6 is 0 Å². The highest BCUT2D eigenvalue weighted by Crippen LogP contribution is 2.18. The maximum Gasteiger partial charge on any atom is 0.260 e. The van der Waals surface area contributed by atoms with Gasteiger partial charge in [0.25, 0.3) is 5.91 Å². The van der Waals surface area contributed by atoms with Gasteiger partial charge in [0.2, 0.25) is 0 Å². The number of aliphatic hydroxyl groups excluding tert-OH is 1. The molecule has 0 radical (unpaired) electrons. The summed E-state index contributed by atoms with van der Waals surface area (Å²) in [7, 11) is 0. The first kappa shape index (κ1) is 17.7. The number of nitrogens with zero attached hydrogens (tertiary/aromatic N) is 2. The number of carbonyl (C=O) groups is 1. The molecule has 3 rings (SSSR count). The normalized spacial score (nSPS) is 19.6. The molecule has 7 heteroatoms. The Hall–Kier alpha value is -2.12. The van der Waals surface area contributed by atoms with Crippen molar-refractivity contribution in [2.75, 3.05) is 19.7 Å². The molecule has 2 fully saturated rings. The third-order valence-corrected chi connectivity index (χ3v) is 4.55. The van der Waals surface area contributed by atoms with E-state index in [1.807, 2.05) is 24.3 Å². The molecule has 1 saturated heterocycles. The number of nitrogens with one attached hydrogen (secondary N) is 1. The fourth-order valence-electron chi connectivity index (χ4n) is 2.93. The van der Waals surface area contributed by atoms with Gasteiger partial charge in [0.15, 0.2) is 12.4 Å². The molecule has 136 valence electrons. The van der Waals surface area contributed by atoms with Crippen molar-refractivity contribution >= 4 is 11.7 Å². The van der Waals surface area contributed by atoms with Crippen LogP contribution in [-0.4, -0.2) is 53.6 Å². The quantitative estimate of drug-likeness (QED) is 0.380. The van der Waals surface area contributed by atoms with E-state index < -0.39 is 0 Å². The minimum Gasteiger partial charge on any atom is -0.393 e. The summed E-state index contributed by atoms with van der Waals surface area (Å²) in [6, 6.07) is 8.10. The van der Waals surface area contributed by atoms with Crippen LogP contribution in [0, 0.1) is 0 Å². The van der Waals surface area contributed by atoms with Crippen LogP contribution in [0.5, 0.6) is 0 Å². The Balaban J connectivity index is 1.56. The standard InChI is InChI=1S/C18H26N4O3/c19-18(21-25-12-17(24)20-14-5-6-14)16-4-2-1-3-13(16)11-22-9-7-15(23)8-10-22/h1-4,14-15,23H,5-12H2,(H2,19,21)(H,20,24). The third-order valence-electron chi connectivity index (χ3n) is 4.55.